The zero-order chi connectivity index (χ0) is 16.4. The monoisotopic (exact) mass is 312 g/mol. The Labute approximate surface area is 139 Å². The predicted octanol–water partition coefficient (Wildman–Crippen LogP) is 4.53. The largest absolute Gasteiger partial charge is 0.384 e. The number of fused-ring (bicyclic) bond motifs is 1. The number of nitrogens with zero attached hydrogens (tertiary/aromatic N) is 2. The first-order valence-electron chi connectivity index (χ1n) is 7.86. The van der Waals surface area contributed by atoms with E-state index in [9.17, 15) is 5.11 Å². The van der Waals surface area contributed by atoms with Crippen LogP contribution >= 0.6 is 0 Å². The van der Waals surface area contributed by atoms with Gasteiger partial charge in [-0.25, -0.2) is 0 Å². The van der Waals surface area contributed by atoms with Crippen molar-refractivity contribution >= 4 is 27.9 Å². The van der Waals surface area contributed by atoms with Crippen molar-refractivity contribution in [2.45, 2.75) is 6.10 Å². The first kappa shape index (κ1) is 14.5. The first-order valence-corrected chi connectivity index (χ1v) is 7.86. The number of aromatic nitrogens is 2. The van der Waals surface area contributed by atoms with E-state index in [0.717, 1.165) is 16.6 Å². The van der Waals surface area contributed by atoms with Crippen molar-refractivity contribution in [3.8, 4) is 0 Å². The highest BCUT2D eigenvalue weighted by Gasteiger charge is 2.13. The molecule has 0 spiro atoms. The molecule has 1 aliphatic rings. The van der Waals surface area contributed by atoms with Gasteiger partial charge in [-0.3, -0.25) is 9.97 Å². The third-order valence-corrected chi connectivity index (χ3v) is 4.12. The van der Waals surface area contributed by atoms with Gasteiger partial charge in [-0.1, -0.05) is 60.7 Å². The second-order valence-corrected chi connectivity index (χ2v) is 5.64. The molecule has 1 unspecified atom stereocenters. The van der Waals surface area contributed by atoms with Crippen molar-refractivity contribution in [1.82, 2.24) is 9.97 Å². The fraction of sp³-hybridized carbons (Fsp3) is 0.0476. The van der Waals surface area contributed by atoms with Gasteiger partial charge in [0.2, 0.25) is 0 Å². The highest BCUT2D eigenvalue weighted by atomic mass is 16.3. The maximum atomic E-state index is 9.79. The fourth-order valence-electron chi connectivity index (χ4n) is 2.99. The molecule has 4 aromatic rings. The molecule has 3 aromatic carbocycles. The van der Waals surface area contributed by atoms with E-state index in [4.69, 9.17) is 0 Å². The lowest BCUT2D eigenvalue weighted by atomic mass is 9.92. The van der Waals surface area contributed by atoms with E-state index < -0.39 is 6.10 Å². The Bertz CT molecular complexity index is 969. The van der Waals surface area contributed by atoms with Crippen LogP contribution in [0.15, 0.2) is 79.1 Å². The molecule has 1 aromatic heterocycles. The summed E-state index contributed by atoms with van der Waals surface area (Å²) in [4.78, 5) is 8.24. The fourth-order valence-corrected chi connectivity index (χ4v) is 2.99. The summed E-state index contributed by atoms with van der Waals surface area (Å²) in [5, 5.41) is 12.2. The average Bonchev–Trinajstić information content (AvgIpc) is 2.66. The Morgan fingerprint density at radius 2 is 1.42 bits per heavy atom. The number of hydrogen-bond donors (Lipinski definition) is 1. The van der Waals surface area contributed by atoms with Gasteiger partial charge in [0.05, 0.1) is 17.1 Å². The summed E-state index contributed by atoms with van der Waals surface area (Å²) in [7, 11) is 0. The van der Waals surface area contributed by atoms with Gasteiger partial charge in [0, 0.05) is 12.4 Å². The summed E-state index contributed by atoms with van der Waals surface area (Å²) >= 11 is 0. The normalized spacial score (nSPS) is 15.1. The van der Waals surface area contributed by atoms with Crippen molar-refractivity contribution in [3.05, 3.63) is 90.3 Å². The topological polar surface area (TPSA) is 46.0 Å². The lowest BCUT2D eigenvalue weighted by Crippen LogP contribution is -1.99. The minimum atomic E-state index is -0.450. The Balaban J connectivity index is 0.000000129. The lowest BCUT2D eigenvalue weighted by molar-refractivity contribution is 0.230. The maximum absolute atomic E-state index is 9.79. The molecule has 3 heteroatoms. The van der Waals surface area contributed by atoms with Crippen LogP contribution in [0.1, 0.15) is 17.2 Å². The molecule has 116 valence electrons. The van der Waals surface area contributed by atoms with E-state index >= 15 is 0 Å². The summed E-state index contributed by atoms with van der Waals surface area (Å²) in [6.07, 6.45) is 6.76. The van der Waals surface area contributed by atoms with E-state index in [0.29, 0.717) is 0 Å². The van der Waals surface area contributed by atoms with E-state index in [1.807, 2.05) is 54.6 Å². The van der Waals surface area contributed by atoms with E-state index in [1.165, 1.54) is 16.3 Å². The van der Waals surface area contributed by atoms with Gasteiger partial charge < -0.3 is 5.11 Å². The van der Waals surface area contributed by atoms with Crippen LogP contribution in [0, 0.1) is 0 Å². The van der Waals surface area contributed by atoms with Gasteiger partial charge in [-0.2, -0.15) is 0 Å². The Morgan fingerprint density at radius 3 is 2.12 bits per heavy atom. The molecule has 24 heavy (non-hydrogen) atoms. The minimum Gasteiger partial charge on any atom is -0.384 e. The summed E-state index contributed by atoms with van der Waals surface area (Å²) in [5.74, 6) is 0. The molecule has 1 N–H and O–H groups in total. The number of aliphatic hydroxyl groups excluding tert-OH is 1. The van der Waals surface area contributed by atoms with Crippen LogP contribution in [0.4, 0.5) is 0 Å². The summed E-state index contributed by atoms with van der Waals surface area (Å²) < 4.78 is 0. The molecular weight excluding hydrogens is 296 g/mol. The number of rotatable bonds is 0. The van der Waals surface area contributed by atoms with Gasteiger partial charge in [-0.15, -0.1) is 0 Å². The summed E-state index contributed by atoms with van der Waals surface area (Å²) in [5.41, 5.74) is 4.11. The average molecular weight is 312 g/mol. The van der Waals surface area contributed by atoms with Crippen LogP contribution in [0.25, 0.3) is 27.9 Å². The number of aliphatic hydroxyl groups is 1. The molecule has 0 fully saturated rings. The van der Waals surface area contributed by atoms with Crippen LogP contribution in [-0.4, -0.2) is 15.1 Å². The van der Waals surface area contributed by atoms with Gasteiger partial charge in [0.25, 0.3) is 0 Å². The smallest absolute Gasteiger partial charge is 0.0981 e. The second kappa shape index (κ2) is 6.22. The van der Waals surface area contributed by atoms with Crippen LogP contribution < -0.4 is 0 Å². The maximum Gasteiger partial charge on any atom is 0.0981 e. The molecule has 0 radical (unpaired) electrons. The summed E-state index contributed by atoms with van der Waals surface area (Å²) in [6.45, 7) is 0. The molecule has 1 atom stereocenters. The van der Waals surface area contributed by atoms with E-state index in [1.54, 1.807) is 12.4 Å². The first-order chi connectivity index (χ1) is 11.8. The Hall–Kier alpha value is -3.04. The zero-order valence-electron chi connectivity index (χ0n) is 13.0. The molecule has 5 rings (SSSR count). The SMILES string of the molecule is OC1C=Cc2cccc3cccc1c23.c1ccc2nccnc2c1. The number of benzene rings is 3. The van der Waals surface area contributed by atoms with Crippen molar-refractivity contribution in [1.29, 1.82) is 0 Å². The van der Waals surface area contributed by atoms with Crippen molar-refractivity contribution in [2.24, 2.45) is 0 Å². The number of hydrogen-bond acceptors (Lipinski definition) is 3. The molecule has 3 nitrogen and oxygen atoms in total. The van der Waals surface area contributed by atoms with Crippen LogP contribution in [-0.2, 0) is 0 Å². The minimum absolute atomic E-state index is 0.450. The molecular formula is C21H16N2O. The van der Waals surface area contributed by atoms with Crippen molar-refractivity contribution < 1.29 is 5.11 Å². The molecule has 0 amide bonds. The van der Waals surface area contributed by atoms with E-state index in [-0.39, 0.29) is 0 Å². The molecule has 0 saturated heterocycles. The third kappa shape index (κ3) is 2.66. The molecule has 1 aliphatic carbocycles. The second-order valence-electron chi connectivity index (χ2n) is 5.64. The number of para-hydroxylation sites is 2. The van der Waals surface area contributed by atoms with Crippen molar-refractivity contribution in [2.75, 3.05) is 0 Å². The standard InChI is InChI=1S/C13H10O.C8H6N2/c14-12-8-7-10-4-1-3-9-5-2-6-11(12)13(9)10;1-2-4-8-7(3-1)9-5-6-10-8/h1-8,12,14H;1-6H. The van der Waals surface area contributed by atoms with Gasteiger partial charge >= 0.3 is 0 Å². The quantitative estimate of drug-likeness (QED) is 0.519. The summed E-state index contributed by atoms with van der Waals surface area (Å²) in [6, 6.07) is 20.1. The lowest BCUT2D eigenvalue weighted by Gasteiger charge is -2.16. The third-order valence-electron chi connectivity index (χ3n) is 4.12. The van der Waals surface area contributed by atoms with Crippen LogP contribution in [0.3, 0.4) is 0 Å². The molecule has 1 heterocycles. The molecule has 0 saturated carbocycles. The van der Waals surface area contributed by atoms with E-state index in [2.05, 4.69) is 28.2 Å². The zero-order valence-corrected chi connectivity index (χ0v) is 13.0. The molecule has 0 aliphatic heterocycles. The van der Waals surface area contributed by atoms with Crippen molar-refractivity contribution in [3.63, 3.8) is 0 Å². The van der Waals surface area contributed by atoms with Gasteiger partial charge in [-0.05, 0) is 34.0 Å². The molecule has 0 bridgehead atoms. The van der Waals surface area contributed by atoms with Gasteiger partial charge in [0.1, 0.15) is 0 Å². The van der Waals surface area contributed by atoms with Crippen LogP contribution in [0.2, 0.25) is 0 Å². The van der Waals surface area contributed by atoms with Crippen LogP contribution in [0.5, 0.6) is 0 Å². The predicted molar refractivity (Wildman–Crippen MR) is 97.5 cm³/mol. The highest BCUT2D eigenvalue weighted by molar-refractivity contribution is 5.95. The Morgan fingerprint density at radius 1 is 0.750 bits per heavy atom. The highest BCUT2D eigenvalue weighted by Crippen LogP contribution is 2.32. The Kier molecular flexibility index (Phi) is 3.77. The van der Waals surface area contributed by atoms with Gasteiger partial charge in [0.15, 0.2) is 0 Å².